The molecule has 2 aromatic heterocycles. The second-order valence-electron chi connectivity index (χ2n) is 16.8. The number of nitrogens with zero attached hydrogens (tertiary/aromatic N) is 5. The smallest absolute Gasteiger partial charge is 0.317 e. The van der Waals surface area contributed by atoms with Crippen molar-refractivity contribution in [1.82, 2.24) is 20.0 Å². The Kier molecular flexibility index (Phi) is 14.3. The number of likely N-dealkylation sites (N-methyl/N-ethyl adjacent to an activating group) is 1. The molecule has 3 saturated heterocycles. The summed E-state index contributed by atoms with van der Waals surface area (Å²) >= 11 is 0. The second-order valence-corrected chi connectivity index (χ2v) is 16.8. The highest BCUT2D eigenvalue weighted by molar-refractivity contribution is 6.03. The molecule has 0 amide bonds. The van der Waals surface area contributed by atoms with Crippen LogP contribution in [0.25, 0.3) is 11.4 Å². The molecule has 5 rings (SSSR count). The molecular formula is C41H60N6O12. The third kappa shape index (κ3) is 9.36. The Labute approximate surface area is 344 Å². The fourth-order valence-electron chi connectivity index (χ4n) is 9.09. The molecule has 6 unspecified atom stereocenters. The monoisotopic (exact) mass is 828 g/mol. The van der Waals surface area contributed by atoms with Gasteiger partial charge in [-0.2, -0.15) is 4.98 Å². The van der Waals surface area contributed by atoms with E-state index in [1.165, 1.54) is 14.0 Å². The number of hydrogen-bond acceptors (Lipinski definition) is 17. The van der Waals surface area contributed by atoms with Crippen LogP contribution in [0.5, 0.6) is 0 Å². The summed E-state index contributed by atoms with van der Waals surface area (Å²) in [4.78, 5) is 72.6. The van der Waals surface area contributed by atoms with Gasteiger partial charge in [-0.3, -0.25) is 24.2 Å². The SMILES string of the molecule is CC[C@H]1OC(=O)[C@H](C)C(=O)[C@H](C)[C@@H](OC2OC(C)CC(N(C)C)C2O)[C@@](C)(OC)C[C@@H](C)C(=O)[C@H](C)C2C(/C(N)=N\OCc3nc(-c4cccnc4)no3)C(=O)O[C@@]21C. The number of aliphatic hydroxyl groups excluding tert-OH is 1. The number of amidine groups is 1. The number of aromatic nitrogens is 3. The van der Waals surface area contributed by atoms with E-state index in [1.807, 2.05) is 25.9 Å². The lowest BCUT2D eigenvalue weighted by atomic mass is 9.67. The minimum absolute atomic E-state index is 0.0429. The molecule has 0 saturated carbocycles. The van der Waals surface area contributed by atoms with Gasteiger partial charge < -0.3 is 48.8 Å². The summed E-state index contributed by atoms with van der Waals surface area (Å²) in [5, 5.41) is 19.4. The maximum absolute atomic E-state index is 14.7. The van der Waals surface area contributed by atoms with Gasteiger partial charge in [-0.1, -0.05) is 38.0 Å². The Morgan fingerprint density at radius 3 is 2.41 bits per heavy atom. The zero-order chi connectivity index (χ0) is 43.6. The number of pyridine rings is 1. The van der Waals surface area contributed by atoms with Crippen LogP contribution in [0, 0.1) is 35.5 Å². The molecule has 3 N–H and O–H groups in total. The van der Waals surface area contributed by atoms with Gasteiger partial charge in [-0.05, 0) is 73.2 Å². The van der Waals surface area contributed by atoms with Crippen molar-refractivity contribution in [2.45, 2.75) is 129 Å². The molecule has 0 aliphatic carbocycles. The molecule has 0 bridgehead atoms. The predicted octanol–water partition coefficient (Wildman–Crippen LogP) is 3.09. The molecule has 0 radical (unpaired) electrons. The van der Waals surface area contributed by atoms with Crippen LogP contribution in [0.4, 0.5) is 0 Å². The van der Waals surface area contributed by atoms with Gasteiger partial charge in [0.05, 0.1) is 17.8 Å². The van der Waals surface area contributed by atoms with Crippen molar-refractivity contribution in [3.8, 4) is 11.4 Å². The number of aliphatic hydroxyl groups is 1. The number of ether oxygens (including phenoxy) is 5. The van der Waals surface area contributed by atoms with Crippen LogP contribution in [0.15, 0.2) is 34.2 Å². The van der Waals surface area contributed by atoms with Crippen molar-refractivity contribution in [2.24, 2.45) is 46.4 Å². The molecule has 18 nitrogen and oxygen atoms in total. The van der Waals surface area contributed by atoms with Crippen LogP contribution in [0.2, 0.25) is 0 Å². The molecule has 14 atom stereocenters. The van der Waals surface area contributed by atoms with Gasteiger partial charge in [0.25, 0.3) is 5.89 Å². The molecule has 2 aromatic rings. The van der Waals surface area contributed by atoms with Gasteiger partial charge in [-0.25, -0.2) is 0 Å². The molecule has 3 aliphatic rings. The summed E-state index contributed by atoms with van der Waals surface area (Å²) in [6, 6.07) is 3.18. The molecule has 5 heterocycles. The summed E-state index contributed by atoms with van der Waals surface area (Å²) in [6.07, 6.45) is -0.818. The summed E-state index contributed by atoms with van der Waals surface area (Å²) in [7, 11) is 5.15. The molecule has 326 valence electrons. The van der Waals surface area contributed by atoms with Crippen LogP contribution in [0.3, 0.4) is 0 Å². The Morgan fingerprint density at radius 2 is 1.78 bits per heavy atom. The first-order valence-corrected chi connectivity index (χ1v) is 20.2. The van der Waals surface area contributed by atoms with E-state index in [0.29, 0.717) is 12.0 Å². The first-order chi connectivity index (χ1) is 27.8. The predicted molar refractivity (Wildman–Crippen MR) is 210 cm³/mol. The normalized spacial score (nSPS) is 37.7. The van der Waals surface area contributed by atoms with E-state index in [1.54, 1.807) is 66.1 Å². The third-order valence-electron chi connectivity index (χ3n) is 12.4. The number of ketones is 2. The highest BCUT2D eigenvalue weighted by Gasteiger charge is 2.62. The van der Waals surface area contributed by atoms with Crippen LogP contribution >= 0.6 is 0 Å². The number of esters is 2. The second kappa shape index (κ2) is 18.5. The third-order valence-corrected chi connectivity index (χ3v) is 12.4. The van der Waals surface area contributed by atoms with Crippen molar-refractivity contribution in [3.63, 3.8) is 0 Å². The zero-order valence-corrected chi connectivity index (χ0v) is 35.8. The van der Waals surface area contributed by atoms with Crippen LogP contribution in [0.1, 0.15) is 80.5 Å². The van der Waals surface area contributed by atoms with E-state index in [4.69, 9.17) is 38.8 Å². The fraction of sp³-hybridized carbons (Fsp3) is 0.707. The number of oxime groups is 1. The molecule has 59 heavy (non-hydrogen) atoms. The molecular weight excluding hydrogens is 768 g/mol. The van der Waals surface area contributed by atoms with E-state index < -0.39 is 89.0 Å². The van der Waals surface area contributed by atoms with Gasteiger partial charge >= 0.3 is 11.9 Å². The fourth-order valence-corrected chi connectivity index (χ4v) is 9.09. The number of Topliss-reactive ketones (excluding diaryl/α,β-unsaturated/α-hetero) is 2. The maximum Gasteiger partial charge on any atom is 0.317 e. The molecule has 0 aromatic carbocycles. The molecule has 18 heteroatoms. The van der Waals surface area contributed by atoms with Crippen LogP contribution in [-0.2, 0) is 54.3 Å². The van der Waals surface area contributed by atoms with Crippen molar-refractivity contribution >= 4 is 29.3 Å². The summed E-state index contributed by atoms with van der Waals surface area (Å²) < 4.78 is 36.2. The topological polar surface area (TPSA) is 237 Å². The lowest BCUT2D eigenvalue weighted by Gasteiger charge is -2.47. The highest BCUT2D eigenvalue weighted by Crippen LogP contribution is 2.48. The number of cyclic esters (lactones) is 1. The number of carbonyl (C=O) groups is 4. The zero-order valence-electron chi connectivity index (χ0n) is 35.8. The minimum Gasteiger partial charge on any atom is -0.458 e. The lowest BCUT2D eigenvalue weighted by Crippen LogP contribution is -2.59. The standard InChI is InChI=1S/C41H60N6O12/c1-12-27-41(8)30(29(38(52)58-41)35(42)45-54-19-28-44-36(46-59-28)25-14-13-15-43-18-25)22(4)31(48)20(2)17-40(7,53-11)34(23(5)32(49)24(6)37(51)56-27)57-39-33(50)26(47(9)10)16-21(3)55-39/h13-15,18,20-24,26-27,29-30,33-34,39,50H,12,16-17,19H2,1-11H3,(H2,42,45)/t20-,21?,22-,23+,24-,26?,27-,29?,30?,33?,34-,39?,40+,41-/m1/s1. The van der Waals surface area contributed by atoms with E-state index in [9.17, 15) is 24.3 Å². The van der Waals surface area contributed by atoms with Gasteiger partial charge in [0.15, 0.2) is 30.1 Å². The molecule has 3 fully saturated rings. The van der Waals surface area contributed by atoms with Crippen LogP contribution < -0.4 is 5.73 Å². The average Bonchev–Trinajstić information content (AvgIpc) is 3.79. The Hall–Kier alpha value is -4.36. The number of methoxy groups -OCH3 is 1. The Balaban J connectivity index is 1.49. The van der Waals surface area contributed by atoms with Crippen LogP contribution in [-0.4, -0.2) is 124 Å². The van der Waals surface area contributed by atoms with Crippen molar-refractivity contribution in [3.05, 3.63) is 30.4 Å². The number of rotatable bonds is 10. The van der Waals surface area contributed by atoms with Crippen molar-refractivity contribution < 1.29 is 57.3 Å². The van der Waals surface area contributed by atoms with Gasteiger partial charge in [0.2, 0.25) is 5.82 Å². The minimum atomic E-state index is -1.59. The van der Waals surface area contributed by atoms with Gasteiger partial charge in [0.1, 0.15) is 29.8 Å². The highest BCUT2D eigenvalue weighted by atomic mass is 16.7. The largest absolute Gasteiger partial charge is 0.458 e. The number of nitrogens with two attached hydrogens (primary N) is 1. The number of hydrogen-bond donors (Lipinski definition) is 2. The lowest BCUT2D eigenvalue weighted by molar-refractivity contribution is -0.295. The molecule has 0 spiro atoms. The Bertz CT molecular complexity index is 1840. The summed E-state index contributed by atoms with van der Waals surface area (Å²) in [5.41, 5.74) is 4.20. The van der Waals surface area contributed by atoms with E-state index in [2.05, 4.69) is 20.3 Å². The first-order valence-electron chi connectivity index (χ1n) is 20.2. The summed E-state index contributed by atoms with van der Waals surface area (Å²) in [6.45, 7) is 13.1. The summed E-state index contributed by atoms with van der Waals surface area (Å²) in [5.74, 6) is -8.69. The van der Waals surface area contributed by atoms with Crippen molar-refractivity contribution in [1.29, 1.82) is 0 Å². The Morgan fingerprint density at radius 1 is 1.07 bits per heavy atom. The maximum atomic E-state index is 14.7. The number of fused-ring (bicyclic) bond motifs is 1. The van der Waals surface area contributed by atoms with Gasteiger partial charge in [-0.15, -0.1) is 0 Å². The van der Waals surface area contributed by atoms with Crippen molar-refractivity contribution in [2.75, 3.05) is 21.2 Å². The van der Waals surface area contributed by atoms with E-state index in [0.717, 1.165) is 0 Å². The average molecular weight is 829 g/mol. The molecule has 3 aliphatic heterocycles. The van der Waals surface area contributed by atoms with Gasteiger partial charge in [0, 0.05) is 54.8 Å². The quantitative estimate of drug-likeness (QED) is 0.115. The number of carbonyl (C=O) groups excluding carboxylic acids is 4. The van der Waals surface area contributed by atoms with E-state index >= 15 is 0 Å². The first kappa shape index (κ1) is 45.7. The van der Waals surface area contributed by atoms with E-state index in [-0.39, 0.29) is 54.9 Å².